The number of carbonyl (C=O) groups is 3. The van der Waals surface area contributed by atoms with Crippen LogP contribution in [0.2, 0.25) is 0 Å². The van der Waals surface area contributed by atoms with Crippen molar-refractivity contribution in [3.63, 3.8) is 0 Å². The summed E-state index contributed by atoms with van der Waals surface area (Å²) in [6.07, 6.45) is 0.838. The summed E-state index contributed by atoms with van der Waals surface area (Å²) < 4.78 is 5.47. The first-order valence-electron chi connectivity index (χ1n) is 11.7. The third-order valence-corrected chi connectivity index (χ3v) is 6.35. The van der Waals surface area contributed by atoms with Crippen LogP contribution in [-0.4, -0.2) is 33.8 Å². The summed E-state index contributed by atoms with van der Waals surface area (Å²) in [4.78, 5) is 45.3. The number of amides is 3. The quantitative estimate of drug-likeness (QED) is 0.425. The molecule has 2 heterocycles. The normalized spacial score (nSPS) is 17.2. The highest BCUT2D eigenvalue weighted by Crippen LogP contribution is 2.36. The van der Waals surface area contributed by atoms with Gasteiger partial charge in [0.25, 0.3) is 0 Å². The van der Waals surface area contributed by atoms with Crippen molar-refractivity contribution in [2.24, 2.45) is 0 Å². The second kappa shape index (κ2) is 10.00. The van der Waals surface area contributed by atoms with E-state index < -0.39 is 29.9 Å². The lowest BCUT2D eigenvalue weighted by Gasteiger charge is -2.26. The highest BCUT2D eigenvalue weighted by molar-refractivity contribution is 6.08. The Morgan fingerprint density at radius 2 is 1.78 bits per heavy atom. The molecule has 0 bridgehead atoms. The second-order valence-electron chi connectivity index (χ2n) is 8.84. The van der Waals surface area contributed by atoms with E-state index in [0.29, 0.717) is 11.2 Å². The number of anilines is 1. The van der Waals surface area contributed by atoms with Gasteiger partial charge >= 0.3 is 6.09 Å². The number of para-hydroxylation sites is 1. The van der Waals surface area contributed by atoms with Gasteiger partial charge < -0.3 is 10.1 Å². The molecular formula is C29H25N3O4. The topological polar surface area (TPSA) is 88.6 Å². The summed E-state index contributed by atoms with van der Waals surface area (Å²) in [6.45, 7) is 1.95. The Hall–Kier alpha value is -4.52. The van der Waals surface area contributed by atoms with Gasteiger partial charge in [-0.25, -0.2) is 9.69 Å². The van der Waals surface area contributed by atoms with E-state index in [2.05, 4.69) is 10.3 Å². The highest BCUT2D eigenvalue weighted by atomic mass is 16.6. The van der Waals surface area contributed by atoms with Crippen LogP contribution in [0.5, 0.6) is 0 Å². The zero-order valence-corrected chi connectivity index (χ0v) is 19.8. The van der Waals surface area contributed by atoms with Gasteiger partial charge in [-0.3, -0.25) is 14.6 Å². The van der Waals surface area contributed by atoms with E-state index in [-0.39, 0.29) is 13.0 Å². The van der Waals surface area contributed by atoms with Crippen molar-refractivity contribution in [2.75, 3.05) is 5.32 Å². The third kappa shape index (κ3) is 4.68. The van der Waals surface area contributed by atoms with Gasteiger partial charge in [0.15, 0.2) is 0 Å². The van der Waals surface area contributed by atoms with Crippen molar-refractivity contribution < 1.29 is 19.1 Å². The summed E-state index contributed by atoms with van der Waals surface area (Å²) >= 11 is 0. The zero-order chi connectivity index (χ0) is 25.1. The Morgan fingerprint density at radius 1 is 1.00 bits per heavy atom. The van der Waals surface area contributed by atoms with Gasteiger partial charge in [-0.05, 0) is 30.2 Å². The molecule has 1 aliphatic heterocycles. The first kappa shape index (κ1) is 23.2. The average molecular weight is 480 g/mol. The molecule has 1 fully saturated rings. The van der Waals surface area contributed by atoms with Crippen LogP contribution in [-0.2, 0) is 20.9 Å². The monoisotopic (exact) mass is 479 g/mol. The molecule has 0 unspecified atom stereocenters. The van der Waals surface area contributed by atoms with Crippen LogP contribution in [0.3, 0.4) is 0 Å². The van der Waals surface area contributed by atoms with E-state index in [1.807, 2.05) is 85.8 Å². The summed E-state index contributed by atoms with van der Waals surface area (Å²) in [7, 11) is 0. The molecule has 2 atom stereocenters. The summed E-state index contributed by atoms with van der Waals surface area (Å²) in [6, 6.07) is 25.0. The number of aromatic nitrogens is 1. The summed E-state index contributed by atoms with van der Waals surface area (Å²) in [5.74, 6) is -1.43. The van der Waals surface area contributed by atoms with Gasteiger partial charge in [0, 0.05) is 23.9 Å². The molecule has 7 heteroatoms. The Morgan fingerprint density at radius 3 is 2.58 bits per heavy atom. The second-order valence-corrected chi connectivity index (χ2v) is 8.84. The number of hydrogen-bond donors (Lipinski definition) is 1. The molecule has 3 aromatic carbocycles. The number of carbonyl (C=O) groups excluding carboxylic acids is 3. The molecular weight excluding hydrogens is 454 g/mol. The van der Waals surface area contributed by atoms with Crippen molar-refractivity contribution in [3.8, 4) is 0 Å². The minimum absolute atomic E-state index is 0.000146. The molecule has 180 valence electrons. The van der Waals surface area contributed by atoms with Crippen LogP contribution >= 0.6 is 0 Å². The maximum atomic E-state index is 13.7. The van der Waals surface area contributed by atoms with Crippen LogP contribution in [0.25, 0.3) is 10.9 Å². The average Bonchev–Trinajstić information content (AvgIpc) is 3.25. The van der Waals surface area contributed by atoms with Crippen molar-refractivity contribution >= 4 is 34.5 Å². The van der Waals surface area contributed by atoms with Gasteiger partial charge in [-0.15, -0.1) is 0 Å². The van der Waals surface area contributed by atoms with E-state index in [1.165, 1.54) is 0 Å². The Labute approximate surface area is 208 Å². The summed E-state index contributed by atoms with van der Waals surface area (Å²) in [5, 5.41) is 3.79. The Kier molecular flexibility index (Phi) is 6.45. The molecule has 36 heavy (non-hydrogen) atoms. The van der Waals surface area contributed by atoms with Crippen LogP contribution in [0, 0.1) is 6.92 Å². The first-order chi connectivity index (χ1) is 17.5. The molecule has 7 nitrogen and oxygen atoms in total. The molecule has 0 aliphatic carbocycles. The number of benzene rings is 3. The van der Waals surface area contributed by atoms with E-state index in [4.69, 9.17) is 4.74 Å². The van der Waals surface area contributed by atoms with Crippen molar-refractivity contribution in [2.45, 2.75) is 31.9 Å². The largest absolute Gasteiger partial charge is 0.444 e. The maximum absolute atomic E-state index is 13.7. The molecule has 1 aromatic heterocycles. The molecule has 1 aliphatic rings. The molecule has 0 saturated carbocycles. The van der Waals surface area contributed by atoms with Crippen LogP contribution in [0.1, 0.15) is 29.0 Å². The minimum Gasteiger partial charge on any atom is -0.444 e. The molecule has 3 amide bonds. The first-order valence-corrected chi connectivity index (χ1v) is 11.7. The Balaban J connectivity index is 1.46. The molecule has 0 radical (unpaired) electrons. The number of hydrogen-bond acceptors (Lipinski definition) is 5. The fourth-order valence-corrected chi connectivity index (χ4v) is 4.65. The predicted octanol–water partition coefficient (Wildman–Crippen LogP) is 5.20. The fraction of sp³-hybridized carbons (Fsp3) is 0.172. The number of rotatable bonds is 5. The van der Waals surface area contributed by atoms with Crippen molar-refractivity contribution in [3.05, 3.63) is 108 Å². The number of aryl methyl sites for hydroxylation is 1. The molecule has 0 spiro atoms. The lowest BCUT2D eigenvalue weighted by molar-refractivity contribution is -0.131. The van der Waals surface area contributed by atoms with E-state index in [9.17, 15) is 14.4 Å². The van der Waals surface area contributed by atoms with Crippen LogP contribution in [0.4, 0.5) is 10.5 Å². The number of ether oxygens (including phenoxy) is 1. The Bertz CT molecular complexity index is 1430. The van der Waals surface area contributed by atoms with Gasteiger partial charge in [-0.1, -0.05) is 78.4 Å². The van der Waals surface area contributed by atoms with Crippen molar-refractivity contribution in [1.82, 2.24) is 9.88 Å². The van der Waals surface area contributed by atoms with Gasteiger partial charge in [0.2, 0.25) is 11.8 Å². The van der Waals surface area contributed by atoms with Gasteiger partial charge in [0.05, 0.1) is 11.2 Å². The minimum atomic E-state index is -1.07. The number of nitrogens with one attached hydrogen (secondary N) is 1. The van der Waals surface area contributed by atoms with Crippen LogP contribution < -0.4 is 5.32 Å². The number of fused-ring (bicyclic) bond motifs is 1. The molecule has 5 rings (SSSR count). The predicted molar refractivity (Wildman–Crippen MR) is 136 cm³/mol. The standard InChI is InChI=1S/C29H25N3O4/c1-19-8-5-12-22(16-19)23-17-25(33)32(29(35)36-18-20-9-3-2-4-10-20)27(23)28(34)31-24-14-6-11-21-13-7-15-30-26(21)24/h2-16,23,27H,17-18H2,1H3,(H,31,34)/t23-,27-/m0/s1. The maximum Gasteiger partial charge on any atom is 0.417 e. The number of imide groups is 1. The number of pyridine rings is 1. The number of likely N-dealkylation sites (tertiary alicyclic amines) is 1. The van der Waals surface area contributed by atoms with Gasteiger partial charge in [0.1, 0.15) is 12.6 Å². The summed E-state index contributed by atoms with van der Waals surface area (Å²) in [5.41, 5.74) is 3.75. The van der Waals surface area contributed by atoms with E-state index >= 15 is 0 Å². The zero-order valence-electron chi connectivity index (χ0n) is 19.8. The van der Waals surface area contributed by atoms with Crippen molar-refractivity contribution in [1.29, 1.82) is 0 Å². The molecule has 1 saturated heterocycles. The van der Waals surface area contributed by atoms with Crippen LogP contribution in [0.15, 0.2) is 91.1 Å². The molecule has 1 N–H and O–H groups in total. The number of nitrogens with zero attached hydrogens (tertiary/aromatic N) is 2. The van der Waals surface area contributed by atoms with Gasteiger partial charge in [-0.2, -0.15) is 0 Å². The smallest absolute Gasteiger partial charge is 0.417 e. The lowest BCUT2D eigenvalue weighted by atomic mass is 9.90. The third-order valence-electron chi connectivity index (χ3n) is 6.35. The molecule has 4 aromatic rings. The highest BCUT2D eigenvalue weighted by Gasteiger charge is 2.49. The lowest BCUT2D eigenvalue weighted by Crippen LogP contribution is -2.47. The fourth-order valence-electron chi connectivity index (χ4n) is 4.65. The van der Waals surface area contributed by atoms with E-state index in [1.54, 1.807) is 12.3 Å². The van der Waals surface area contributed by atoms with E-state index in [0.717, 1.165) is 27.0 Å². The SMILES string of the molecule is Cc1cccc([C@@H]2CC(=O)N(C(=O)OCc3ccccc3)[C@@H]2C(=O)Nc2cccc3cccnc23)c1.